The Morgan fingerprint density at radius 3 is 2.35 bits per heavy atom. The van der Waals surface area contributed by atoms with Crippen LogP contribution in [-0.4, -0.2) is 25.7 Å². The molecule has 2 aromatic carbocycles. The molecule has 1 N–H and O–H groups in total. The molecule has 0 aliphatic carbocycles. The summed E-state index contributed by atoms with van der Waals surface area (Å²) in [6.45, 7) is 3.85. The van der Waals surface area contributed by atoms with Gasteiger partial charge in [-0.3, -0.25) is 4.79 Å². The normalized spacial score (nSPS) is 10.8. The largest absolute Gasteiger partial charge is 0.322 e. The molecular formula is C20H17N5O. The summed E-state index contributed by atoms with van der Waals surface area (Å²) in [6, 6.07) is 18.9. The van der Waals surface area contributed by atoms with Gasteiger partial charge in [-0.05, 0) is 50.2 Å². The van der Waals surface area contributed by atoms with E-state index < -0.39 is 0 Å². The van der Waals surface area contributed by atoms with Crippen molar-refractivity contribution in [1.29, 1.82) is 0 Å². The Balaban J connectivity index is 1.55. The highest BCUT2D eigenvalue weighted by Crippen LogP contribution is 2.20. The van der Waals surface area contributed by atoms with Crippen LogP contribution >= 0.6 is 0 Å². The molecule has 6 nitrogen and oxygen atoms in total. The number of aryl methyl sites for hydroxylation is 2. The Morgan fingerprint density at radius 2 is 1.62 bits per heavy atom. The number of hydrogen-bond acceptors (Lipinski definition) is 4. The molecule has 6 heteroatoms. The van der Waals surface area contributed by atoms with E-state index in [4.69, 9.17) is 0 Å². The molecule has 0 saturated carbocycles. The van der Waals surface area contributed by atoms with E-state index in [0.29, 0.717) is 11.2 Å². The van der Waals surface area contributed by atoms with Crippen LogP contribution in [0.25, 0.3) is 16.9 Å². The Labute approximate surface area is 150 Å². The fourth-order valence-corrected chi connectivity index (χ4v) is 2.68. The minimum atomic E-state index is -0.127. The molecule has 0 bridgehead atoms. The third kappa shape index (κ3) is 3.04. The zero-order valence-corrected chi connectivity index (χ0v) is 14.5. The fourth-order valence-electron chi connectivity index (χ4n) is 2.68. The highest BCUT2D eigenvalue weighted by atomic mass is 16.1. The van der Waals surface area contributed by atoms with Crippen molar-refractivity contribution in [2.24, 2.45) is 0 Å². The number of benzene rings is 2. The van der Waals surface area contributed by atoms with Gasteiger partial charge in [-0.1, -0.05) is 29.8 Å². The molecule has 0 atom stereocenters. The number of nitrogens with one attached hydrogen (secondary N) is 1. The number of hydrogen-bond donors (Lipinski definition) is 1. The van der Waals surface area contributed by atoms with Crippen LogP contribution in [0.4, 0.5) is 5.69 Å². The van der Waals surface area contributed by atoms with Crippen molar-refractivity contribution < 1.29 is 4.79 Å². The number of aromatic nitrogens is 4. The summed E-state index contributed by atoms with van der Waals surface area (Å²) in [5.74, 6) is 0.612. The molecule has 0 radical (unpaired) electrons. The number of nitrogens with zero attached hydrogens (tertiary/aromatic N) is 4. The monoisotopic (exact) mass is 343 g/mol. The first-order valence-corrected chi connectivity index (χ1v) is 8.28. The molecule has 128 valence electrons. The quantitative estimate of drug-likeness (QED) is 0.616. The van der Waals surface area contributed by atoms with Crippen molar-refractivity contribution in [2.75, 3.05) is 5.32 Å². The SMILES string of the molecule is Cc1ccc(C(=O)Nc2ccc(-c3ccc4nnc(C)n4n3)cc2)cc1. The summed E-state index contributed by atoms with van der Waals surface area (Å²) < 4.78 is 1.71. The Morgan fingerprint density at radius 1 is 0.885 bits per heavy atom. The van der Waals surface area contributed by atoms with E-state index in [1.54, 1.807) is 4.52 Å². The van der Waals surface area contributed by atoms with E-state index in [2.05, 4.69) is 20.6 Å². The Kier molecular flexibility index (Phi) is 3.93. The fraction of sp³-hybridized carbons (Fsp3) is 0.100. The minimum absolute atomic E-state index is 0.127. The number of fused-ring (bicyclic) bond motifs is 1. The average molecular weight is 343 g/mol. The second kappa shape index (κ2) is 6.40. The third-order valence-corrected chi connectivity index (χ3v) is 4.17. The summed E-state index contributed by atoms with van der Waals surface area (Å²) in [5, 5.41) is 15.5. The summed E-state index contributed by atoms with van der Waals surface area (Å²) in [6.07, 6.45) is 0. The van der Waals surface area contributed by atoms with Crippen LogP contribution in [-0.2, 0) is 0 Å². The molecule has 0 saturated heterocycles. The summed E-state index contributed by atoms with van der Waals surface area (Å²) in [4.78, 5) is 12.3. The molecule has 4 aromatic rings. The van der Waals surface area contributed by atoms with Gasteiger partial charge < -0.3 is 5.32 Å². The molecule has 0 unspecified atom stereocenters. The minimum Gasteiger partial charge on any atom is -0.322 e. The maximum atomic E-state index is 12.3. The van der Waals surface area contributed by atoms with Gasteiger partial charge >= 0.3 is 0 Å². The predicted octanol–water partition coefficient (Wildman–Crippen LogP) is 3.66. The van der Waals surface area contributed by atoms with Crippen molar-refractivity contribution in [1.82, 2.24) is 19.8 Å². The number of rotatable bonds is 3. The highest BCUT2D eigenvalue weighted by molar-refractivity contribution is 6.04. The maximum absolute atomic E-state index is 12.3. The molecule has 0 aliphatic rings. The van der Waals surface area contributed by atoms with Gasteiger partial charge in [-0.2, -0.15) is 9.61 Å². The predicted molar refractivity (Wildman–Crippen MR) is 100 cm³/mol. The van der Waals surface area contributed by atoms with Crippen LogP contribution in [0.2, 0.25) is 0 Å². The van der Waals surface area contributed by atoms with Crippen molar-refractivity contribution in [3.63, 3.8) is 0 Å². The Hall–Kier alpha value is -3.54. The molecule has 4 rings (SSSR count). The molecular weight excluding hydrogens is 326 g/mol. The van der Waals surface area contributed by atoms with Crippen LogP contribution in [0, 0.1) is 13.8 Å². The van der Waals surface area contributed by atoms with E-state index in [9.17, 15) is 4.79 Å². The zero-order valence-electron chi connectivity index (χ0n) is 14.5. The van der Waals surface area contributed by atoms with Crippen LogP contribution in [0.5, 0.6) is 0 Å². The third-order valence-electron chi connectivity index (χ3n) is 4.17. The lowest BCUT2D eigenvalue weighted by atomic mass is 10.1. The van der Waals surface area contributed by atoms with Crippen LogP contribution in [0.1, 0.15) is 21.7 Å². The number of carbonyl (C=O) groups excluding carboxylic acids is 1. The van der Waals surface area contributed by atoms with Crippen molar-refractivity contribution in [3.05, 3.63) is 77.6 Å². The topological polar surface area (TPSA) is 72.2 Å². The zero-order chi connectivity index (χ0) is 18.1. The molecule has 0 aliphatic heterocycles. The van der Waals surface area contributed by atoms with E-state index in [0.717, 1.165) is 28.3 Å². The lowest BCUT2D eigenvalue weighted by molar-refractivity contribution is 0.102. The van der Waals surface area contributed by atoms with Crippen LogP contribution in [0.3, 0.4) is 0 Å². The molecule has 0 spiro atoms. The maximum Gasteiger partial charge on any atom is 0.255 e. The highest BCUT2D eigenvalue weighted by Gasteiger charge is 2.08. The smallest absolute Gasteiger partial charge is 0.255 e. The van der Waals surface area contributed by atoms with E-state index in [1.165, 1.54) is 0 Å². The first-order chi connectivity index (χ1) is 12.6. The van der Waals surface area contributed by atoms with Gasteiger partial charge in [-0.25, -0.2) is 0 Å². The average Bonchev–Trinajstić information content (AvgIpc) is 3.03. The van der Waals surface area contributed by atoms with Gasteiger partial charge in [0.15, 0.2) is 11.5 Å². The van der Waals surface area contributed by atoms with Gasteiger partial charge in [0.2, 0.25) is 0 Å². The lowest BCUT2D eigenvalue weighted by Crippen LogP contribution is -2.11. The summed E-state index contributed by atoms with van der Waals surface area (Å²) in [5.41, 5.74) is 4.98. The van der Waals surface area contributed by atoms with Crippen molar-refractivity contribution in [2.45, 2.75) is 13.8 Å². The van der Waals surface area contributed by atoms with Crippen LogP contribution < -0.4 is 5.32 Å². The van der Waals surface area contributed by atoms with Gasteiger partial charge in [0.05, 0.1) is 5.69 Å². The first kappa shape index (κ1) is 16.0. The van der Waals surface area contributed by atoms with E-state index >= 15 is 0 Å². The van der Waals surface area contributed by atoms with Crippen LogP contribution in [0.15, 0.2) is 60.7 Å². The van der Waals surface area contributed by atoms with Gasteiger partial charge in [-0.15, -0.1) is 10.2 Å². The molecule has 2 aromatic heterocycles. The molecule has 2 heterocycles. The number of carbonyl (C=O) groups is 1. The number of amides is 1. The summed E-state index contributed by atoms with van der Waals surface area (Å²) >= 11 is 0. The second-order valence-corrected chi connectivity index (χ2v) is 6.13. The van der Waals surface area contributed by atoms with Gasteiger partial charge in [0.25, 0.3) is 5.91 Å². The molecule has 0 fully saturated rings. The molecule has 26 heavy (non-hydrogen) atoms. The van der Waals surface area contributed by atoms with E-state index in [1.807, 2.05) is 74.5 Å². The number of anilines is 1. The Bertz CT molecular complexity index is 1080. The standard InChI is InChI=1S/C20H17N5O/c1-13-3-5-16(6-4-13)20(26)21-17-9-7-15(8-10-17)18-11-12-19-23-22-14(2)25(19)24-18/h3-12H,1-2H3,(H,21,26). The molecule has 1 amide bonds. The second-order valence-electron chi connectivity index (χ2n) is 6.13. The van der Waals surface area contributed by atoms with E-state index in [-0.39, 0.29) is 5.91 Å². The van der Waals surface area contributed by atoms with Crippen molar-refractivity contribution in [3.8, 4) is 11.3 Å². The lowest BCUT2D eigenvalue weighted by Gasteiger charge is -2.07. The first-order valence-electron chi connectivity index (χ1n) is 8.28. The van der Waals surface area contributed by atoms with Gasteiger partial charge in [0.1, 0.15) is 0 Å². The summed E-state index contributed by atoms with van der Waals surface area (Å²) in [7, 11) is 0. The van der Waals surface area contributed by atoms with Crippen molar-refractivity contribution >= 4 is 17.2 Å². The van der Waals surface area contributed by atoms with Gasteiger partial charge in [0, 0.05) is 16.8 Å².